The summed E-state index contributed by atoms with van der Waals surface area (Å²) in [4.78, 5) is 13.3. The number of ether oxygens (including phenoxy) is 1. The first kappa shape index (κ1) is 14.0. The Kier molecular flexibility index (Phi) is 3.88. The summed E-state index contributed by atoms with van der Waals surface area (Å²) < 4.78 is 10.9. The number of hydrogen-bond acceptors (Lipinski definition) is 6. The Morgan fingerprint density at radius 2 is 2.19 bits per heavy atom. The molecule has 1 saturated heterocycles. The Balaban J connectivity index is 2.05. The van der Waals surface area contributed by atoms with E-state index in [0.29, 0.717) is 17.8 Å². The third kappa shape index (κ3) is 2.76. The molecule has 21 heavy (non-hydrogen) atoms. The second-order valence-corrected chi connectivity index (χ2v) is 5.36. The Morgan fingerprint density at radius 1 is 1.33 bits per heavy atom. The monoisotopic (exact) mass is 288 g/mol. The molecule has 0 radical (unpaired) electrons. The maximum Gasteiger partial charge on any atom is 0.316 e. The second-order valence-electron chi connectivity index (χ2n) is 5.36. The van der Waals surface area contributed by atoms with Gasteiger partial charge in [-0.1, -0.05) is 0 Å². The highest BCUT2D eigenvalue weighted by Gasteiger charge is 2.24. The number of aromatic nitrogens is 3. The van der Waals surface area contributed by atoms with Crippen LogP contribution in [0.5, 0.6) is 6.01 Å². The van der Waals surface area contributed by atoms with E-state index in [1.54, 1.807) is 13.3 Å². The second kappa shape index (κ2) is 5.81. The predicted molar refractivity (Wildman–Crippen MR) is 78.4 cm³/mol. The molecule has 1 aliphatic rings. The summed E-state index contributed by atoms with van der Waals surface area (Å²) in [5, 5.41) is 3.41. The van der Waals surface area contributed by atoms with E-state index in [1.807, 2.05) is 13.8 Å². The number of hydrogen-bond donors (Lipinski definition) is 1. The molecular weight excluding hydrogens is 268 g/mol. The smallest absolute Gasteiger partial charge is 0.316 e. The van der Waals surface area contributed by atoms with Gasteiger partial charge in [-0.05, 0) is 33.2 Å². The zero-order chi connectivity index (χ0) is 14.8. The van der Waals surface area contributed by atoms with E-state index >= 15 is 0 Å². The molecule has 1 aliphatic heterocycles. The minimum Gasteiger partial charge on any atom is -0.467 e. The van der Waals surface area contributed by atoms with Crippen LogP contribution in [0.15, 0.2) is 10.6 Å². The van der Waals surface area contributed by atoms with Crippen LogP contribution in [0.2, 0.25) is 0 Å². The Hall–Kier alpha value is -1.95. The quantitative estimate of drug-likeness (QED) is 0.933. The molecule has 0 saturated carbocycles. The molecule has 2 aromatic rings. The van der Waals surface area contributed by atoms with E-state index in [9.17, 15) is 0 Å². The van der Waals surface area contributed by atoms with Crippen LogP contribution in [0.25, 0.3) is 11.5 Å². The minimum atomic E-state index is 0.332. The molecule has 0 amide bonds. The van der Waals surface area contributed by atoms with Crippen LogP contribution in [0, 0.1) is 13.8 Å². The van der Waals surface area contributed by atoms with Crippen molar-refractivity contribution < 1.29 is 9.15 Å². The zero-order valence-electron chi connectivity index (χ0n) is 12.6. The van der Waals surface area contributed by atoms with E-state index in [0.717, 1.165) is 48.6 Å². The molecule has 0 spiro atoms. The number of nitrogens with zero attached hydrogens (tertiary/aromatic N) is 3. The highest BCUT2D eigenvalue weighted by Crippen LogP contribution is 2.32. The van der Waals surface area contributed by atoms with Gasteiger partial charge < -0.3 is 14.5 Å². The summed E-state index contributed by atoms with van der Waals surface area (Å²) in [6, 6.07) is 0.388. The van der Waals surface area contributed by atoms with Crippen LogP contribution in [-0.2, 0) is 0 Å². The molecule has 1 unspecified atom stereocenters. The van der Waals surface area contributed by atoms with Gasteiger partial charge in [-0.3, -0.25) is 0 Å². The molecule has 0 bridgehead atoms. The lowest BCUT2D eigenvalue weighted by Gasteiger charge is -2.23. The van der Waals surface area contributed by atoms with E-state index < -0.39 is 0 Å². The van der Waals surface area contributed by atoms with E-state index in [1.165, 1.54) is 0 Å². The van der Waals surface area contributed by atoms with Crippen molar-refractivity contribution in [3.05, 3.63) is 23.3 Å². The predicted octanol–water partition coefficient (Wildman–Crippen LogP) is 2.22. The van der Waals surface area contributed by atoms with E-state index in [4.69, 9.17) is 9.15 Å². The van der Waals surface area contributed by atoms with Crippen LogP contribution in [0.1, 0.15) is 35.9 Å². The molecule has 6 heteroatoms. The van der Waals surface area contributed by atoms with Gasteiger partial charge in [-0.15, -0.1) is 0 Å². The molecule has 6 nitrogen and oxygen atoms in total. The SMILES string of the molecule is COc1ncc(-c2nc(C)c(C)o2)c(C2CCCNC2)n1. The third-order valence-electron chi connectivity index (χ3n) is 3.92. The molecular formula is C15H20N4O2. The van der Waals surface area contributed by atoms with E-state index in [-0.39, 0.29) is 0 Å². The highest BCUT2D eigenvalue weighted by atomic mass is 16.5. The Labute approximate surface area is 124 Å². The van der Waals surface area contributed by atoms with Gasteiger partial charge >= 0.3 is 6.01 Å². The molecule has 0 aromatic carbocycles. The zero-order valence-corrected chi connectivity index (χ0v) is 12.6. The van der Waals surface area contributed by atoms with Crippen molar-refractivity contribution in [2.24, 2.45) is 0 Å². The number of rotatable bonds is 3. The number of piperidine rings is 1. The minimum absolute atomic E-state index is 0.332. The molecule has 1 fully saturated rings. The van der Waals surface area contributed by atoms with Gasteiger partial charge in [-0.2, -0.15) is 4.98 Å². The summed E-state index contributed by atoms with van der Waals surface area (Å²) in [5.41, 5.74) is 2.71. The van der Waals surface area contributed by atoms with E-state index in [2.05, 4.69) is 20.3 Å². The van der Waals surface area contributed by atoms with Crippen LogP contribution in [0.4, 0.5) is 0 Å². The summed E-state index contributed by atoms with van der Waals surface area (Å²) in [5.74, 6) is 1.75. The molecule has 2 aromatic heterocycles. The van der Waals surface area contributed by atoms with Crippen LogP contribution in [0.3, 0.4) is 0 Å². The summed E-state index contributed by atoms with van der Waals surface area (Å²) in [6.45, 7) is 5.82. The molecule has 0 aliphatic carbocycles. The van der Waals surface area contributed by atoms with Gasteiger partial charge in [0.05, 0.1) is 24.1 Å². The number of oxazole rings is 1. The molecule has 1 atom stereocenters. The molecule has 112 valence electrons. The number of methoxy groups -OCH3 is 1. The Morgan fingerprint density at radius 3 is 2.81 bits per heavy atom. The first-order valence-electron chi connectivity index (χ1n) is 7.25. The summed E-state index contributed by atoms with van der Waals surface area (Å²) in [7, 11) is 1.58. The van der Waals surface area contributed by atoms with Crippen molar-refractivity contribution in [2.75, 3.05) is 20.2 Å². The maximum absolute atomic E-state index is 5.75. The van der Waals surface area contributed by atoms with Crippen LogP contribution < -0.4 is 10.1 Å². The van der Waals surface area contributed by atoms with Crippen molar-refractivity contribution in [3.63, 3.8) is 0 Å². The van der Waals surface area contributed by atoms with Crippen molar-refractivity contribution in [2.45, 2.75) is 32.6 Å². The first-order chi connectivity index (χ1) is 10.2. The molecule has 3 heterocycles. The highest BCUT2D eigenvalue weighted by molar-refractivity contribution is 5.57. The summed E-state index contributed by atoms with van der Waals surface area (Å²) in [6.07, 6.45) is 3.99. The fourth-order valence-electron chi connectivity index (χ4n) is 2.63. The van der Waals surface area contributed by atoms with Gasteiger partial charge in [0.15, 0.2) is 0 Å². The fourth-order valence-corrected chi connectivity index (χ4v) is 2.63. The number of nitrogens with one attached hydrogen (secondary N) is 1. The van der Waals surface area contributed by atoms with Crippen LogP contribution in [-0.4, -0.2) is 35.2 Å². The van der Waals surface area contributed by atoms with Gasteiger partial charge in [0.1, 0.15) is 5.76 Å². The summed E-state index contributed by atoms with van der Waals surface area (Å²) >= 11 is 0. The number of aryl methyl sites for hydroxylation is 2. The fraction of sp³-hybridized carbons (Fsp3) is 0.533. The normalized spacial score (nSPS) is 18.7. The maximum atomic E-state index is 5.75. The largest absolute Gasteiger partial charge is 0.467 e. The lowest BCUT2D eigenvalue weighted by atomic mass is 9.93. The van der Waals surface area contributed by atoms with Gasteiger partial charge in [-0.25, -0.2) is 9.97 Å². The topological polar surface area (TPSA) is 73.1 Å². The van der Waals surface area contributed by atoms with Crippen molar-refractivity contribution in [3.8, 4) is 17.5 Å². The average molecular weight is 288 g/mol. The van der Waals surface area contributed by atoms with Gasteiger partial charge in [0.25, 0.3) is 0 Å². The molecule has 3 rings (SSSR count). The molecule has 1 N–H and O–H groups in total. The Bertz CT molecular complexity index is 613. The van der Waals surface area contributed by atoms with Gasteiger partial charge in [0, 0.05) is 18.7 Å². The van der Waals surface area contributed by atoms with Crippen molar-refractivity contribution >= 4 is 0 Å². The third-order valence-corrected chi connectivity index (χ3v) is 3.92. The lowest BCUT2D eigenvalue weighted by Crippen LogP contribution is -2.29. The lowest BCUT2D eigenvalue weighted by molar-refractivity contribution is 0.372. The average Bonchev–Trinajstić information content (AvgIpc) is 2.87. The standard InChI is InChI=1S/C15H20N4O2/c1-9-10(2)21-14(18-9)12-8-17-15(20-3)19-13(12)11-5-4-6-16-7-11/h8,11,16H,4-7H2,1-3H3. The van der Waals surface area contributed by atoms with Crippen molar-refractivity contribution in [1.82, 2.24) is 20.3 Å². The first-order valence-corrected chi connectivity index (χ1v) is 7.25. The van der Waals surface area contributed by atoms with Gasteiger partial charge in [0.2, 0.25) is 5.89 Å². The van der Waals surface area contributed by atoms with Crippen molar-refractivity contribution in [1.29, 1.82) is 0 Å². The van der Waals surface area contributed by atoms with Crippen LogP contribution >= 0.6 is 0 Å².